The minimum atomic E-state index is 0.506. The van der Waals surface area contributed by atoms with E-state index in [0.717, 1.165) is 6.54 Å². The fraction of sp³-hybridized carbons (Fsp3) is 1.00. The van der Waals surface area contributed by atoms with Gasteiger partial charge >= 0.3 is 0 Å². The largest absolute Gasteiger partial charge is 0.314 e. The Bertz CT molecular complexity index is 163. The van der Waals surface area contributed by atoms with E-state index in [0.29, 0.717) is 11.5 Å². The molecule has 0 aliphatic heterocycles. The van der Waals surface area contributed by atoms with Gasteiger partial charge in [-0.15, -0.1) is 0 Å². The van der Waals surface area contributed by atoms with E-state index in [2.05, 4.69) is 39.9 Å². The Balaban J connectivity index is 3.63. The minimum Gasteiger partial charge on any atom is -0.314 e. The van der Waals surface area contributed by atoms with Crippen LogP contribution in [0.2, 0.25) is 0 Å². The topological polar surface area (TPSA) is 12.0 Å². The van der Waals surface area contributed by atoms with Crippen LogP contribution in [-0.2, 0) is 0 Å². The molecule has 0 saturated carbocycles. The van der Waals surface area contributed by atoms with Crippen molar-refractivity contribution in [3.8, 4) is 0 Å². The highest BCUT2D eigenvalue weighted by atomic mass is 14.9. The molecule has 0 aliphatic rings. The quantitative estimate of drug-likeness (QED) is 0.493. The molecule has 0 rings (SSSR count). The molecule has 0 radical (unpaired) electrons. The molecule has 104 valence electrons. The monoisotopic (exact) mass is 241 g/mol. The molecular formula is C16H35N. The molecule has 17 heavy (non-hydrogen) atoms. The summed E-state index contributed by atoms with van der Waals surface area (Å²) in [5.41, 5.74) is 0.506. The summed E-state index contributed by atoms with van der Waals surface area (Å²) in [6, 6.07) is 0.667. The minimum absolute atomic E-state index is 0.506. The van der Waals surface area contributed by atoms with E-state index < -0.39 is 0 Å². The van der Waals surface area contributed by atoms with Gasteiger partial charge in [0, 0.05) is 6.04 Å². The van der Waals surface area contributed by atoms with Crippen molar-refractivity contribution in [3.63, 3.8) is 0 Å². The molecule has 1 nitrogen and oxygen atoms in total. The van der Waals surface area contributed by atoms with Crippen molar-refractivity contribution >= 4 is 0 Å². The predicted molar refractivity (Wildman–Crippen MR) is 79.5 cm³/mol. The lowest BCUT2D eigenvalue weighted by Gasteiger charge is -2.28. The Morgan fingerprint density at radius 3 is 2.18 bits per heavy atom. The fourth-order valence-corrected chi connectivity index (χ4v) is 2.60. The van der Waals surface area contributed by atoms with E-state index in [4.69, 9.17) is 0 Å². The standard InChI is InChI=1S/C16H35N/c1-6-8-9-10-11-12-16(4,5)14-15(3)17-13-7-2/h15,17H,6-14H2,1-5H3. The molecule has 1 heteroatoms. The van der Waals surface area contributed by atoms with E-state index in [1.165, 1.54) is 51.4 Å². The first-order chi connectivity index (χ1) is 8.02. The van der Waals surface area contributed by atoms with Gasteiger partial charge in [-0.2, -0.15) is 0 Å². The van der Waals surface area contributed by atoms with E-state index in [-0.39, 0.29) is 0 Å². The highest BCUT2D eigenvalue weighted by Gasteiger charge is 2.20. The maximum atomic E-state index is 3.60. The average molecular weight is 241 g/mol. The molecule has 0 spiro atoms. The van der Waals surface area contributed by atoms with E-state index in [1.807, 2.05) is 0 Å². The van der Waals surface area contributed by atoms with Crippen molar-refractivity contribution in [3.05, 3.63) is 0 Å². The van der Waals surface area contributed by atoms with Crippen LogP contribution in [0.15, 0.2) is 0 Å². The second kappa shape index (κ2) is 9.94. The fourth-order valence-electron chi connectivity index (χ4n) is 2.60. The van der Waals surface area contributed by atoms with Gasteiger partial charge in [0.2, 0.25) is 0 Å². The Hall–Kier alpha value is -0.0400. The summed E-state index contributed by atoms with van der Waals surface area (Å²) in [5, 5.41) is 3.60. The second-order valence-electron chi connectivity index (χ2n) is 6.39. The summed E-state index contributed by atoms with van der Waals surface area (Å²) in [6.07, 6.45) is 10.9. The highest BCUT2D eigenvalue weighted by molar-refractivity contribution is 4.75. The van der Waals surface area contributed by atoms with Crippen molar-refractivity contribution in [1.29, 1.82) is 0 Å². The molecule has 0 amide bonds. The van der Waals surface area contributed by atoms with Gasteiger partial charge in [-0.1, -0.05) is 59.8 Å². The zero-order valence-electron chi connectivity index (χ0n) is 12.9. The Morgan fingerprint density at radius 2 is 1.59 bits per heavy atom. The van der Waals surface area contributed by atoms with Crippen LogP contribution in [0.4, 0.5) is 0 Å². The molecule has 1 unspecified atom stereocenters. The maximum Gasteiger partial charge on any atom is 0.00438 e. The third-order valence-corrected chi connectivity index (χ3v) is 3.56. The van der Waals surface area contributed by atoms with Crippen LogP contribution >= 0.6 is 0 Å². The van der Waals surface area contributed by atoms with Gasteiger partial charge in [0.15, 0.2) is 0 Å². The van der Waals surface area contributed by atoms with Crippen molar-refractivity contribution < 1.29 is 0 Å². The van der Waals surface area contributed by atoms with Gasteiger partial charge in [0.05, 0.1) is 0 Å². The molecule has 1 N–H and O–H groups in total. The highest BCUT2D eigenvalue weighted by Crippen LogP contribution is 2.29. The average Bonchev–Trinajstić information content (AvgIpc) is 2.25. The van der Waals surface area contributed by atoms with E-state index >= 15 is 0 Å². The zero-order chi connectivity index (χ0) is 13.1. The predicted octanol–water partition coefficient (Wildman–Crippen LogP) is 5.15. The van der Waals surface area contributed by atoms with Crippen LogP contribution in [0.5, 0.6) is 0 Å². The lowest BCUT2D eigenvalue weighted by atomic mass is 9.81. The molecule has 0 bridgehead atoms. The summed E-state index contributed by atoms with van der Waals surface area (Å²) in [4.78, 5) is 0. The Morgan fingerprint density at radius 1 is 0.941 bits per heavy atom. The third-order valence-electron chi connectivity index (χ3n) is 3.56. The van der Waals surface area contributed by atoms with Crippen molar-refractivity contribution in [2.45, 2.75) is 92.0 Å². The van der Waals surface area contributed by atoms with Gasteiger partial charge in [0.1, 0.15) is 0 Å². The normalized spacial score (nSPS) is 13.9. The molecule has 0 fully saturated rings. The molecule has 0 aromatic heterocycles. The van der Waals surface area contributed by atoms with Gasteiger partial charge < -0.3 is 5.32 Å². The number of hydrogen-bond acceptors (Lipinski definition) is 1. The van der Waals surface area contributed by atoms with Crippen molar-refractivity contribution in [1.82, 2.24) is 5.32 Å². The first-order valence-corrected chi connectivity index (χ1v) is 7.75. The van der Waals surface area contributed by atoms with E-state index in [1.54, 1.807) is 0 Å². The van der Waals surface area contributed by atoms with Crippen LogP contribution in [0.1, 0.15) is 86.0 Å². The second-order valence-corrected chi connectivity index (χ2v) is 6.39. The smallest absolute Gasteiger partial charge is 0.00438 e. The first kappa shape index (κ1) is 17.0. The number of nitrogens with one attached hydrogen (secondary N) is 1. The van der Waals surface area contributed by atoms with E-state index in [9.17, 15) is 0 Å². The summed E-state index contributed by atoms with van der Waals surface area (Å²) < 4.78 is 0. The number of unbranched alkanes of at least 4 members (excludes halogenated alkanes) is 4. The summed E-state index contributed by atoms with van der Waals surface area (Å²) in [5.74, 6) is 0. The Kier molecular flexibility index (Phi) is 9.91. The first-order valence-electron chi connectivity index (χ1n) is 7.75. The lowest BCUT2D eigenvalue weighted by molar-refractivity contribution is 0.259. The van der Waals surface area contributed by atoms with Gasteiger partial charge in [-0.05, 0) is 38.1 Å². The lowest BCUT2D eigenvalue weighted by Crippen LogP contribution is -2.31. The maximum absolute atomic E-state index is 3.60. The molecule has 0 aliphatic carbocycles. The van der Waals surface area contributed by atoms with Crippen LogP contribution < -0.4 is 5.32 Å². The molecule has 0 aromatic carbocycles. The van der Waals surface area contributed by atoms with Gasteiger partial charge in [0.25, 0.3) is 0 Å². The van der Waals surface area contributed by atoms with Crippen molar-refractivity contribution in [2.75, 3.05) is 6.54 Å². The molecule has 1 atom stereocenters. The number of rotatable bonds is 11. The summed E-state index contributed by atoms with van der Waals surface area (Å²) in [6.45, 7) is 12.9. The molecule has 0 saturated heterocycles. The SMILES string of the molecule is CCCCCCCC(C)(C)CC(C)NCCC. The Labute approximate surface area is 110 Å². The number of hydrogen-bond donors (Lipinski definition) is 1. The van der Waals surface area contributed by atoms with Crippen LogP contribution in [0.25, 0.3) is 0 Å². The summed E-state index contributed by atoms with van der Waals surface area (Å²) in [7, 11) is 0. The van der Waals surface area contributed by atoms with Crippen molar-refractivity contribution in [2.24, 2.45) is 5.41 Å². The van der Waals surface area contributed by atoms with Crippen LogP contribution in [0, 0.1) is 5.41 Å². The van der Waals surface area contributed by atoms with Gasteiger partial charge in [-0.25, -0.2) is 0 Å². The molecular weight excluding hydrogens is 206 g/mol. The van der Waals surface area contributed by atoms with Crippen LogP contribution in [-0.4, -0.2) is 12.6 Å². The van der Waals surface area contributed by atoms with Gasteiger partial charge in [-0.3, -0.25) is 0 Å². The third kappa shape index (κ3) is 10.8. The van der Waals surface area contributed by atoms with Crippen LogP contribution in [0.3, 0.4) is 0 Å². The molecule has 0 heterocycles. The zero-order valence-corrected chi connectivity index (χ0v) is 12.9. The summed E-state index contributed by atoms with van der Waals surface area (Å²) >= 11 is 0. The molecule has 0 aromatic rings.